The third-order valence-electron chi connectivity index (χ3n) is 6.47. The first kappa shape index (κ1) is 23.1. The van der Waals surface area contributed by atoms with Crippen LogP contribution in [0.5, 0.6) is 5.75 Å². The van der Waals surface area contributed by atoms with Crippen LogP contribution in [0, 0.1) is 19.8 Å². The molecule has 0 bridgehead atoms. The Hall–Kier alpha value is -3.66. The van der Waals surface area contributed by atoms with Gasteiger partial charge in [0.05, 0.1) is 35.9 Å². The number of methoxy groups -OCH3 is 1. The van der Waals surface area contributed by atoms with E-state index in [2.05, 4.69) is 10.4 Å². The molecule has 1 fully saturated rings. The number of aryl methyl sites for hydroxylation is 2. The molecule has 1 unspecified atom stereocenters. The fourth-order valence-corrected chi connectivity index (χ4v) is 6.21. The molecule has 3 heterocycles. The summed E-state index contributed by atoms with van der Waals surface area (Å²) in [4.78, 5) is 27.6. The molecule has 2 amide bonds. The number of rotatable bonds is 5. The highest BCUT2D eigenvalue weighted by molar-refractivity contribution is 7.90. The molecule has 2 aromatic carbocycles. The maximum atomic E-state index is 13.3. The standard InChI is InChI=1S/C25H26N4O5S/c1-15-7-8-22(16(2)9-15)29-24(20-13-35(32,33)14-21(20)27-29)26-25(31)17-10-23(30)28(12-17)18-5-4-6-19(11-18)34-3/h4-9,11,17H,10,12-14H2,1-3H3,(H,26,31). The Balaban J connectivity index is 1.45. The van der Waals surface area contributed by atoms with Crippen LogP contribution in [0.15, 0.2) is 42.5 Å². The van der Waals surface area contributed by atoms with Crippen molar-refractivity contribution in [2.24, 2.45) is 5.92 Å². The van der Waals surface area contributed by atoms with Crippen molar-refractivity contribution in [3.8, 4) is 11.4 Å². The molecule has 1 aromatic heterocycles. The number of fused-ring (bicyclic) bond motifs is 1. The van der Waals surface area contributed by atoms with Crippen molar-refractivity contribution in [3.05, 3.63) is 64.8 Å². The molecular weight excluding hydrogens is 468 g/mol. The van der Waals surface area contributed by atoms with Crippen LogP contribution in [0.1, 0.15) is 28.8 Å². The van der Waals surface area contributed by atoms with Crippen molar-refractivity contribution < 1.29 is 22.7 Å². The Morgan fingerprint density at radius 2 is 1.94 bits per heavy atom. The molecule has 3 aromatic rings. The molecule has 0 saturated carbocycles. The normalized spacial score (nSPS) is 18.5. The van der Waals surface area contributed by atoms with E-state index in [-0.39, 0.29) is 36.3 Å². The number of aromatic nitrogens is 2. The van der Waals surface area contributed by atoms with E-state index in [0.717, 1.165) is 16.8 Å². The first-order valence-electron chi connectivity index (χ1n) is 11.3. The van der Waals surface area contributed by atoms with E-state index < -0.39 is 15.8 Å². The molecule has 1 N–H and O–H groups in total. The minimum Gasteiger partial charge on any atom is -0.497 e. The van der Waals surface area contributed by atoms with Crippen LogP contribution in [-0.2, 0) is 30.9 Å². The number of benzene rings is 2. The lowest BCUT2D eigenvalue weighted by atomic mass is 10.1. The lowest BCUT2D eigenvalue weighted by molar-refractivity contribution is -0.122. The van der Waals surface area contributed by atoms with Gasteiger partial charge in [0.2, 0.25) is 11.8 Å². The van der Waals surface area contributed by atoms with Gasteiger partial charge < -0.3 is 15.0 Å². The number of ether oxygens (including phenoxy) is 1. The van der Waals surface area contributed by atoms with Gasteiger partial charge in [-0.3, -0.25) is 9.59 Å². The maximum Gasteiger partial charge on any atom is 0.230 e. The molecule has 1 saturated heterocycles. The first-order valence-corrected chi connectivity index (χ1v) is 13.1. The molecule has 0 spiro atoms. The molecule has 1 atom stereocenters. The third-order valence-corrected chi connectivity index (χ3v) is 7.91. The predicted octanol–water partition coefficient (Wildman–Crippen LogP) is 2.92. The van der Waals surface area contributed by atoms with Crippen molar-refractivity contribution in [1.82, 2.24) is 9.78 Å². The van der Waals surface area contributed by atoms with Crippen LogP contribution in [0.4, 0.5) is 11.5 Å². The van der Waals surface area contributed by atoms with E-state index in [9.17, 15) is 18.0 Å². The fraction of sp³-hybridized carbons (Fsp3) is 0.320. The van der Waals surface area contributed by atoms with Crippen molar-refractivity contribution in [1.29, 1.82) is 0 Å². The van der Waals surface area contributed by atoms with Gasteiger partial charge in [0.15, 0.2) is 9.84 Å². The predicted molar refractivity (Wildman–Crippen MR) is 131 cm³/mol. The number of sulfone groups is 1. The minimum absolute atomic E-state index is 0.0568. The van der Waals surface area contributed by atoms with E-state index in [1.54, 1.807) is 41.0 Å². The van der Waals surface area contributed by atoms with E-state index in [1.807, 2.05) is 32.0 Å². The summed E-state index contributed by atoms with van der Waals surface area (Å²) in [6, 6.07) is 13.0. The lowest BCUT2D eigenvalue weighted by Crippen LogP contribution is -2.29. The molecule has 35 heavy (non-hydrogen) atoms. The zero-order chi connectivity index (χ0) is 24.9. The van der Waals surface area contributed by atoms with E-state index in [0.29, 0.717) is 28.5 Å². The van der Waals surface area contributed by atoms with E-state index in [4.69, 9.17) is 4.74 Å². The van der Waals surface area contributed by atoms with Gasteiger partial charge >= 0.3 is 0 Å². The Morgan fingerprint density at radius 3 is 2.69 bits per heavy atom. The number of nitrogens with one attached hydrogen (secondary N) is 1. The van der Waals surface area contributed by atoms with Gasteiger partial charge in [0, 0.05) is 30.3 Å². The van der Waals surface area contributed by atoms with Gasteiger partial charge in [-0.15, -0.1) is 0 Å². The second kappa shape index (κ2) is 8.53. The topological polar surface area (TPSA) is 111 Å². The van der Waals surface area contributed by atoms with Gasteiger partial charge in [-0.1, -0.05) is 23.8 Å². The summed E-state index contributed by atoms with van der Waals surface area (Å²) in [7, 11) is -1.76. The van der Waals surface area contributed by atoms with Gasteiger partial charge in [-0.05, 0) is 37.6 Å². The van der Waals surface area contributed by atoms with Crippen molar-refractivity contribution in [2.45, 2.75) is 31.8 Å². The zero-order valence-corrected chi connectivity index (χ0v) is 20.6. The van der Waals surface area contributed by atoms with Crippen LogP contribution in [0.25, 0.3) is 5.69 Å². The molecular formula is C25H26N4O5S. The number of nitrogens with zero attached hydrogens (tertiary/aromatic N) is 3. The van der Waals surface area contributed by atoms with E-state index >= 15 is 0 Å². The molecule has 0 aliphatic carbocycles. The molecule has 2 aliphatic heterocycles. The monoisotopic (exact) mass is 494 g/mol. The highest BCUT2D eigenvalue weighted by atomic mass is 32.2. The van der Waals surface area contributed by atoms with Crippen molar-refractivity contribution in [3.63, 3.8) is 0 Å². The SMILES string of the molecule is COc1cccc(N2CC(C(=O)Nc3c4c(nn3-c3ccc(C)cc3C)CS(=O)(=O)C4)CC2=O)c1. The lowest BCUT2D eigenvalue weighted by Gasteiger charge is -2.18. The largest absolute Gasteiger partial charge is 0.497 e. The number of carbonyl (C=O) groups excluding carboxylic acids is 2. The van der Waals surface area contributed by atoms with Gasteiger partial charge in [-0.2, -0.15) is 5.10 Å². The average Bonchev–Trinajstić information content (AvgIpc) is 3.44. The number of hydrogen-bond acceptors (Lipinski definition) is 6. The van der Waals surface area contributed by atoms with E-state index in [1.165, 1.54) is 0 Å². The first-order chi connectivity index (χ1) is 16.6. The molecule has 182 valence electrons. The quantitative estimate of drug-likeness (QED) is 0.584. The minimum atomic E-state index is -3.32. The Morgan fingerprint density at radius 1 is 1.14 bits per heavy atom. The molecule has 2 aliphatic rings. The average molecular weight is 495 g/mol. The maximum absolute atomic E-state index is 13.3. The van der Waals surface area contributed by atoms with Crippen LogP contribution in [0.3, 0.4) is 0 Å². The van der Waals surface area contributed by atoms with Gasteiger partial charge in [0.1, 0.15) is 11.6 Å². The third kappa shape index (κ3) is 4.29. The molecule has 5 rings (SSSR count). The van der Waals surface area contributed by atoms with Gasteiger partial charge in [-0.25, -0.2) is 13.1 Å². The van der Waals surface area contributed by atoms with Crippen LogP contribution < -0.4 is 15.0 Å². The number of hydrogen-bond donors (Lipinski definition) is 1. The van der Waals surface area contributed by atoms with Crippen LogP contribution >= 0.6 is 0 Å². The van der Waals surface area contributed by atoms with Gasteiger partial charge in [0.25, 0.3) is 0 Å². The summed E-state index contributed by atoms with van der Waals surface area (Å²) < 4.78 is 31.4. The van der Waals surface area contributed by atoms with Crippen molar-refractivity contribution in [2.75, 3.05) is 23.9 Å². The van der Waals surface area contributed by atoms with Crippen LogP contribution in [0.2, 0.25) is 0 Å². The Labute approximate surface area is 203 Å². The number of amides is 2. The second-order valence-electron chi connectivity index (χ2n) is 9.10. The number of anilines is 2. The summed E-state index contributed by atoms with van der Waals surface area (Å²) in [6.45, 7) is 4.15. The van der Waals surface area contributed by atoms with Crippen molar-refractivity contribution >= 4 is 33.2 Å². The molecule has 0 radical (unpaired) electrons. The highest BCUT2D eigenvalue weighted by Gasteiger charge is 2.38. The fourth-order valence-electron chi connectivity index (χ4n) is 4.72. The Bertz CT molecular complexity index is 1460. The zero-order valence-electron chi connectivity index (χ0n) is 19.7. The summed E-state index contributed by atoms with van der Waals surface area (Å²) in [5.74, 6) is -0.458. The second-order valence-corrected chi connectivity index (χ2v) is 11.2. The van der Waals surface area contributed by atoms with Crippen LogP contribution in [-0.4, -0.2) is 43.7 Å². The summed E-state index contributed by atoms with van der Waals surface area (Å²) in [5.41, 5.74) is 4.41. The molecule has 10 heteroatoms. The smallest absolute Gasteiger partial charge is 0.230 e. The Kier molecular flexibility index (Phi) is 5.63. The summed E-state index contributed by atoms with van der Waals surface area (Å²) in [6.07, 6.45) is 0.0568. The summed E-state index contributed by atoms with van der Waals surface area (Å²) >= 11 is 0. The molecule has 9 nitrogen and oxygen atoms in total. The number of carbonyl (C=O) groups is 2. The highest BCUT2D eigenvalue weighted by Crippen LogP contribution is 2.35. The summed E-state index contributed by atoms with van der Waals surface area (Å²) in [5, 5.41) is 7.47.